The van der Waals surface area contributed by atoms with Gasteiger partial charge in [0, 0.05) is 12.3 Å². The normalized spacial score (nSPS) is 20.4. The van der Waals surface area contributed by atoms with Crippen molar-refractivity contribution in [3.8, 4) is 6.07 Å². The maximum absolute atomic E-state index is 11.6. The fraction of sp³-hybridized carbons (Fsp3) is 0.385. The number of carbonyl (C=O) groups excluding carboxylic acids is 1. The summed E-state index contributed by atoms with van der Waals surface area (Å²) < 4.78 is 5.29. The van der Waals surface area contributed by atoms with Crippen LogP contribution >= 0.6 is 0 Å². The second-order valence-corrected chi connectivity index (χ2v) is 3.96. The van der Waals surface area contributed by atoms with E-state index in [2.05, 4.69) is 6.07 Å². The Labute approximate surface area is 94.6 Å². The van der Waals surface area contributed by atoms with Crippen LogP contribution in [0.4, 0.5) is 0 Å². The zero-order valence-corrected chi connectivity index (χ0v) is 8.98. The molecule has 1 aliphatic rings. The first kappa shape index (κ1) is 10.8. The minimum Gasteiger partial charge on any atom is -0.380 e. The summed E-state index contributed by atoms with van der Waals surface area (Å²) in [5.74, 6) is 0.169. The number of hydrogen-bond donors (Lipinski definition) is 0. The third-order valence-electron chi connectivity index (χ3n) is 2.87. The standard InChI is InChI=1S/C13H13NO2/c14-8-11-4-2-1-3-10(11)7-12-9-16-6-5-13(12)15/h1-4,12H,5-7,9H2/t12-/m1/s1. The highest BCUT2D eigenvalue weighted by molar-refractivity contribution is 5.82. The van der Waals surface area contributed by atoms with Gasteiger partial charge in [-0.1, -0.05) is 18.2 Å². The van der Waals surface area contributed by atoms with E-state index in [-0.39, 0.29) is 11.7 Å². The van der Waals surface area contributed by atoms with Gasteiger partial charge in [-0.3, -0.25) is 4.79 Å². The highest BCUT2D eigenvalue weighted by Gasteiger charge is 2.23. The molecule has 1 heterocycles. The molecular formula is C13H13NO2. The van der Waals surface area contributed by atoms with Crippen molar-refractivity contribution < 1.29 is 9.53 Å². The predicted molar refractivity (Wildman–Crippen MR) is 58.8 cm³/mol. The summed E-state index contributed by atoms with van der Waals surface area (Å²) in [6.45, 7) is 1.02. The van der Waals surface area contributed by atoms with Crippen LogP contribution < -0.4 is 0 Å². The molecule has 1 aromatic rings. The summed E-state index contributed by atoms with van der Waals surface area (Å²) in [6, 6.07) is 9.56. The summed E-state index contributed by atoms with van der Waals surface area (Å²) in [5.41, 5.74) is 1.59. The monoisotopic (exact) mass is 215 g/mol. The molecule has 0 saturated carbocycles. The third-order valence-corrected chi connectivity index (χ3v) is 2.87. The molecule has 1 saturated heterocycles. The Morgan fingerprint density at radius 3 is 3.00 bits per heavy atom. The van der Waals surface area contributed by atoms with E-state index in [4.69, 9.17) is 10.00 Å². The lowest BCUT2D eigenvalue weighted by Crippen LogP contribution is -2.29. The largest absolute Gasteiger partial charge is 0.380 e. The van der Waals surface area contributed by atoms with Gasteiger partial charge >= 0.3 is 0 Å². The second kappa shape index (κ2) is 4.91. The number of carbonyl (C=O) groups is 1. The molecule has 3 nitrogen and oxygen atoms in total. The van der Waals surface area contributed by atoms with Crippen molar-refractivity contribution in [1.82, 2.24) is 0 Å². The molecule has 0 spiro atoms. The Balaban J connectivity index is 2.14. The number of ketones is 1. The lowest BCUT2D eigenvalue weighted by Gasteiger charge is -2.21. The van der Waals surface area contributed by atoms with Gasteiger partial charge in [0.2, 0.25) is 0 Å². The Bertz CT molecular complexity index is 434. The van der Waals surface area contributed by atoms with Gasteiger partial charge in [-0.2, -0.15) is 5.26 Å². The average Bonchev–Trinajstić information content (AvgIpc) is 2.33. The van der Waals surface area contributed by atoms with E-state index < -0.39 is 0 Å². The van der Waals surface area contributed by atoms with Crippen molar-refractivity contribution in [2.24, 2.45) is 5.92 Å². The Hall–Kier alpha value is -1.66. The summed E-state index contributed by atoms with van der Waals surface area (Å²) >= 11 is 0. The van der Waals surface area contributed by atoms with Gasteiger partial charge in [-0.05, 0) is 18.1 Å². The number of nitrogens with zero attached hydrogens (tertiary/aromatic N) is 1. The predicted octanol–water partition coefficient (Wildman–Crippen LogP) is 1.71. The highest BCUT2D eigenvalue weighted by Crippen LogP contribution is 2.18. The number of hydrogen-bond acceptors (Lipinski definition) is 3. The van der Waals surface area contributed by atoms with Crippen LogP contribution in [0.3, 0.4) is 0 Å². The minimum absolute atomic E-state index is 0.0803. The summed E-state index contributed by atoms with van der Waals surface area (Å²) in [4.78, 5) is 11.6. The lowest BCUT2D eigenvalue weighted by atomic mass is 9.91. The average molecular weight is 215 g/mol. The maximum Gasteiger partial charge on any atom is 0.140 e. The second-order valence-electron chi connectivity index (χ2n) is 3.96. The van der Waals surface area contributed by atoms with Gasteiger partial charge in [0.15, 0.2) is 0 Å². The van der Waals surface area contributed by atoms with Crippen molar-refractivity contribution in [3.63, 3.8) is 0 Å². The number of benzene rings is 1. The lowest BCUT2D eigenvalue weighted by molar-refractivity contribution is -0.130. The zero-order valence-electron chi connectivity index (χ0n) is 8.98. The molecule has 0 unspecified atom stereocenters. The summed E-state index contributed by atoms with van der Waals surface area (Å²) in [5, 5.41) is 8.95. The SMILES string of the molecule is N#Cc1ccccc1C[C@@H]1COCCC1=O. The molecule has 0 N–H and O–H groups in total. The maximum atomic E-state index is 11.6. The van der Waals surface area contributed by atoms with Crippen molar-refractivity contribution >= 4 is 5.78 Å². The van der Waals surface area contributed by atoms with Crippen LogP contribution in [0.25, 0.3) is 0 Å². The summed E-state index contributed by atoms with van der Waals surface area (Å²) in [7, 11) is 0. The van der Waals surface area contributed by atoms with E-state index in [1.54, 1.807) is 6.07 Å². The first-order valence-electron chi connectivity index (χ1n) is 5.39. The Kier molecular flexibility index (Phi) is 3.33. The molecule has 0 bridgehead atoms. The van der Waals surface area contributed by atoms with Crippen molar-refractivity contribution in [2.45, 2.75) is 12.8 Å². The molecule has 16 heavy (non-hydrogen) atoms. The molecule has 0 aliphatic carbocycles. The number of ether oxygens (including phenoxy) is 1. The fourth-order valence-electron chi connectivity index (χ4n) is 1.94. The van der Waals surface area contributed by atoms with Crippen LogP contribution in [0.5, 0.6) is 0 Å². The molecule has 0 amide bonds. The van der Waals surface area contributed by atoms with E-state index in [1.165, 1.54) is 0 Å². The molecular weight excluding hydrogens is 202 g/mol. The van der Waals surface area contributed by atoms with Gasteiger partial charge in [0.1, 0.15) is 5.78 Å². The van der Waals surface area contributed by atoms with Crippen LogP contribution in [0.1, 0.15) is 17.5 Å². The first-order valence-corrected chi connectivity index (χ1v) is 5.39. The minimum atomic E-state index is -0.0803. The topological polar surface area (TPSA) is 50.1 Å². The molecule has 0 aromatic heterocycles. The molecule has 2 rings (SSSR count). The van der Waals surface area contributed by atoms with Crippen LogP contribution in [0.15, 0.2) is 24.3 Å². The number of nitriles is 1. The van der Waals surface area contributed by atoms with Crippen LogP contribution in [-0.4, -0.2) is 19.0 Å². The molecule has 1 aliphatic heterocycles. The number of Topliss-reactive ketones (excluding diaryl/α,β-unsaturated/α-hetero) is 1. The number of rotatable bonds is 2. The van der Waals surface area contributed by atoms with Crippen molar-refractivity contribution in [3.05, 3.63) is 35.4 Å². The molecule has 0 radical (unpaired) electrons. The first-order chi connectivity index (χ1) is 7.81. The van der Waals surface area contributed by atoms with Crippen LogP contribution in [0.2, 0.25) is 0 Å². The van der Waals surface area contributed by atoms with E-state index in [0.29, 0.717) is 31.6 Å². The zero-order chi connectivity index (χ0) is 11.4. The molecule has 1 fully saturated rings. The third kappa shape index (κ3) is 2.29. The smallest absolute Gasteiger partial charge is 0.140 e. The van der Waals surface area contributed by atoms with E-state index in [0.717, 1.165) is 5.56 Å². The van der Waals surface area contributed by atoms with Gasteiger partial charge in [0.05, 0.1) is 24.8 Å². The Morgan fingerprint density at radius 1 is 1.44 bits per heavy atom. The van der Waals surface area contributed by atoms with Gasteiger partial charge < -0.3 is 4.74 Å². The van der Waals surface area contributed by atoms with Gasteiger partial charge in [0.25, 0.3) is 0 Å². The highest BCUT2D eigenvalue weighted by atomic mass is 16.5. The van der Waals surface area contributed by atoms with E-state index in [9.17, 15) is 4.79 Å². The van der Waals surface area contributed by atoms with Crippen molar-refractivity contribution in [2.75, 3.05) is 13.2 Å². The van der Waals surface area contributed by atoms with Gasteiger partial charge in [-0.15, -0.1) is 0 Å². The van der Waals surface area contributed by atoms with Crippen molar-refractivity contribution in [1.29, 1.82) is 5.26 Å². The van der Waals surface area contributed by atoms with Crippen LogP contribution in [-0.2, 0) is 16.0 Å². The van der Waals surface area contributed by atoms with E-state index >= 15 is 0 Å². The van der Waals surface area contributed by atoms with Gasteiger partial charge in [-0.25, -0.2) is 0 Å². The molecule has 82 valence electrons. The van der Waals surface area contributed by atoms with Crippen LogP contribution in [0, 0.1) is 17.2 Å². The molecule has 3 heteroatoms. The molecule has 1 atom stereocenters. The molecule has 1 aromatic carbocycles. The van der Waals surface area contributed by atoms with E-state index in [1.807, 2.05) is 18.2 Å². The quantitative estimate of drug-likeness (QED) is 0.754. The Morgan fingerprint density at radius 2 is 2.25 bits per heavy atom. The summed E-state index contributed by atoms with van der Waals surface area (Å²) in [6.07, 6.45) is 1.11. The fourth-order valence-corrected chi connectivity index (χ4v) is 1.94.